The number of rotatable bonds is 4. The van der Waals surface area contributed by atoms with Crippen molar-refractivity contribution in [1.29, 1.82) is 0 Å². The minimum Gasteiger partial charge on any atom is -0.207 e. The molecule has 0 radical (unpaired) electrons. The summed E-state index contributed by atoms with van der Waals surface area (Å²) in [6.07, 6.45) is 18.3. The van der Waals surface area contributed by atoms with Crippen molar-refractivity contribution in [1.82, 2.24) is 0 Å². The molecular weight excluding hydrogens is 331 g/mol. The Morgan fingerprint density at radius 3 is 2.48 bits per heavy atom. The number of halogens is 1. The number of fused-ring (bicyclic) bond motifs is 2. The van der Waals surface area contributed by atoms with Crippen molar-refractivity contribution >= 4 is 0 Å². The van der Waals surface area contributed by atoms with Crippen LogP contribution in [0.1, 0.15) is 81.9 Å². The third-order valence-electron chi connectivity index (χ3n) is 8.03. The predicted octanol–water partition coefficient (Wildman–Crippen LogP) is 7.29. The average molecular weight is 369 g/mol. The lowest BCUT2D eigenvalue weighted by Gasteiger charge is -2.44. The van der Waals surface area contributed by atoms with Crippen LogP contribution in [0.25, 0.3) is 0 Å². The molecule has 0 nitrogen and oxygen atoms in total. The van der Waals surface area contributed by atoms with Crippen molar-refractivity contribution in [3.8, 4) is 0 Å². The van der Waals surface area contributed by atoms with Gasteiger partial charge in [-0.25, -0.2) is 4.39 Å². The number of hydrogen-bond acceptors (Lipinski definition) is 0. The first-order valence-electron chi connectivity index (χ1n) is 11.5. The largest absolute Gasteiger partial charge is 0.207 e. The molecule has 0 spiro atoms. The highest BCUT2D eigenvalue weighted by Gasteiger charge is 2.37. The summed E-state index contributed by atoms with van der Waals surface area (Å²) in [6.45, 7) is 4.48. The molecule has 0 aromatic heterocycles. The fourth-order valence-corrected chi connectivity index (χ4v) is 6.45. The van der Waals surface area contributed by atoms with Crippen LogP contribution < -0.4 is 0 Å². The molecule has 148 valence electrons. The van der Waals surface area contributed by atoms with Crippen LogP contribution in [0.2, 0.25) is 0 Å². The Labute approximate surface area is 165 Å². The standard InChI is InChI=1S/C26H37F/c1-3-4-5-6-24-15-23-12-11-22(16-25(23)17-26(24)27)21-10-9-19-13-18(2)7-8-20(19)14-21/h3-4,15,17-22H,5-14,16H2,1-2H3/b4-3+. The van der Waals surface area contributed by atoms with E-state index in [0.717, 1.165) is 54.4 Å². The Balaban J connectivity index is 1.40. The monoisotopic (exact) mass is 368 g/mol. The molecule has 1 aromatic rings. The molecule has 0 aliphatic heterocycles. The van der Waals surface area contributed by atoms with Gasteiger partial charge in [-0.2, -0.15) is 0 Å². The minimum atomic E-state index is 0.0314. The fraction of sp³-hybridized carbons (Fsp3) is 0.692. The molecular formula is C26H37F. The summed E-state index contributed by atoms with van der Waals surface area (Å²) in [6, 6.07) is 4.07. The van der Waals surface area contributed by atoms with Crippen molar-refractivity contribution in [3.63, 3.8) is 0 Å². The van der Waals surface area contributed by atoms with E-state index in [1.54, 1.807) is 0 Å². The highest BCUT2D eigenvalue weighted by molar-refractivity contribution is 5.35. The number of allylic oxidation sites excluding steroid dienone is 2. The lowest BCUT2D eigenvalue weighted by molar-refractivity contribution is 0.0757. The van der Waals surface area contributed by atoms with Gasteiger partial charge < -0.3 is 0 Å². The van der Waals surface area contributed by atoms with Crippen molar-refractivity contribution in [3.05, 3.63) is 46.8 Å². The molecule has 0 bridgehead atoms. The first-order valence-corrected chi connectivity index (χ1v) is 11.5. The molecule has 3 aliphatic rings. The van der Waals surface area contributed by atoms with Gasteiger partial charge in [0.05, 0.1) is 0 Å². The van der Waals surface area contributed by atoms with Crippen molar-refractivity contribution in [2.45, 2.75) is 84.5 Å². The van der Waals surface area contributed by atoms with Gasteiger partial charge >= 0.3 is 0 Å². The van der Waals surface area contributed by atoms with Gasteiger partial charge in [-0.3, -0.25) is 0 Å². The van der Waals surface area contributed by atoms with Crippen LogP contribution in [0.5, 0.6) is 0 Å². The molecule has 5 atom stereocenters. The second-order valence-electron chi connectivity index (χ2n) is 9.83. The van der Waals surface area contributed by atoms with Crippen molar-refractivity contribution < 1.29 is 4.39 Å². The summed E-state index contributed by atoms with van der Waals surface area (Å²) in [4.78, 5) is 0. The van der Waals surface area contributed by atoms with E-state index >= 15 is 0 Å². The molecule has 2 saturated carbocycles. The normalized spacial score (nSPS) is 33.7. The third kappa shape index (κ3) is 4.33. The zero-order chi connectivity index (χ0) is 18.8. The molecule has 0 saturated heterocycles. The summed E-state index contributed by atoms with van der Waals surface area (Å²) in [5, 5.41) is 0. The van der Waals surface area contributed by atoms with Crippen LogP contribution in [0.3, 0.4) is 0 Å². The maximum atomic E-state index is 14.6. The highest BCUT2D eigenvalue weighted by Crippen LogP contribution is 2.48. The molecule has 1 aromatic carbocycles. The molecule has 4 rings (SSSR count). The first-order chi connectivity index (χ1) is 13.1. The molecule has 0 amide bonds. The molecule has 0 N–H and O–H groups in total. The zero-order valence-corrected chi connectivity index (χ0v) is 17.4. The number of hydrogen-bond donors (Lipinski definition) is 0. The second kappa shape index (κ2) is 8.50. The fourth-order valence-electron chi connectivity index (χ4n) is 6.45. The molecule has 27 heavy (non-hydrogen) atoms. The van der Waals surface area contributed by atoms with E-state index in [9.17, 15) is 4.39 Å². The van der Waals surface area contributed by atoms with Crippen LogP contribution in [-0.4, -0.2) is 0 Å². The number of benzene rings is 1. The van der Waals surface area contributed by atoms with Gasteiger partial charge in [-0.15, -0.1) is 0 Å². The van der Waals surface area contributed by atoms with E-state index < -0.39 is 0 Å². The maximum Gasteiger partial charge on any atom is 0.126 e. The van der Waals surface area contributed by atoms with Gasteiger partial charge in [0.2, 0.25) is 0 Å². The van der Waals surface area contributed by atoms with Gasteiger partial charge in [0.1, 0.15) is 5.82 Å². The Morgan fingerprint density at radius 2 is 1.67 bits per heavy atom. The van der Waals surface area contributed by atoms with E-state index in [2.05, 4.69) is 25.1 Å². The smallest absolute Gasteiger partial charge is 0.126 e. The van der Waals surface area contributed by atoms with E-state index in [1.165, 1.54) is 62.5 Å². The van der Waals surface area contributed by atoms with E-state index in [0.29, 0.717) is 0 Å². The van der Waals surface area contributed by atoms with Crippen molar-refractivity contribution in [2.75, 3.05) is 0 Å². The summed E-state index contributed by atoms with van der Waals surface area (Å²) in [7, 11) is 0. The Hall–Kier alpha value is -1.11. The molecule has 5 unspecified atom stereocenters. The molecule has 1 heteroatoms. The third-order valence-corrected chi connectivity index (χ3v) is 8.03. The number of aryl methyl sites for hydroxylation is 2. The van der Waals surface area contributed by atoms with Crippen LogP contribution in [0.15, 0.2) is 24.3 Å². The molecule has 2 fully saturated rings. The van der Waals surface area contributed by atoms with Crippen LogP contribution in [0, 0.1) is 35.4 Å². The summed E-state index contributed by atoms with van der Waals surface area (Å²) in [5.41, 5.74) is 3.67. The van der Waals surface area contributed by atoms with Crippen molar-refractivity contribution in [2.24, 2.45) is 29.6 Å². The first kappa shape index (κ1) is 19.2. The lowest BCUT2D eigenvalue weighted by atomic mass is 9.61. The van der Waals surface area contributed by atoms with Crippen LogP contribution in [0.4, 0.5) is 4.39 Å². The van der Waals surface area contributed by atoms with Gasteiger partial charge in [-0.05, 0) is 123 Å². The Morgan fingerprint density at radius 1 is 0.926 bits per heavy atom. The van der Waals surface area contributed by atoms with E-state index in [-0.39, 0.29) is 5.82 Å². The topological polar surface area (TPSA) is 0 Å². The van der Waals surface area contributed by atoms with Gasteiger partial charge in [0, 0.05) is 0 Å². The van der Waals surface area contributed by atoms with Crippen LogP contribution in [-0.2, 0) is 19.3 Å². The average Bonchev–Trinajstić information content (AvgIpc) is 2.67. The van der Waals surface area contributed by atoms with Gasteiger partial charge in [-0.1, -0.05) is 31.6 Å². The van der Waals surface area contributed by atoms with Crippen LogP contribution >= 0.6 is 0 Å². The van der Waals surface area contributed by atoms with Gasteiger partial charge in [0.25, 0.3) is 0 Å². The molecule has 3 aliphatic carbocycles. The predicted molar refractivity (Wildman–Crippen MR) is 112 cm³/mol. The SMILES string of the molecule is C/C=C/CCc1cc2c(cc1F)CC(C1CCC3CC(C)CCC3C1)CC2. The van der Waals surface area contributed by atoms with E-state index in [4.69, 9.17) is 0 Å². The summed E-state index contributed by atoms with van der Waals surface area (Å²) >= 11 is 0. The molecule has 0 heterocycles. The minimum absolute atomic E-state index is 0.0314. The summed E-state index contributed by atoms with van der Waals surface area (Å²) in [5.74, 6) is 4.68. The van der Waals surface area contributed by atoms with E-state index in [1.807, 2.05) is 13.0 Å². The summed E-state index contributed by atoms with van der Waals surface area (Å²) < 4.78 is 14.6. The second-order valence-corrected chi connectivity index (χ2v) is 9.83. The maximum absolute atomic E-state index is 14.6. The quantitative estimate of drug-likeness (QED) is 0.489. The lowest BCUT2D eigenvalue weighted by Crippen LogP contribution is -2.34. The zero-order valence-electron chi connectivity index (χ0n) is 17.4. The Bertz CT molecular complexity index is 673. The highest BCUT2D eigenvalue weighted by atomic mass is 19.1. The Kier molecular flexibility index (Phi) is 6.05. The van der Waals surface area contributed by atoms with Gasteiger partial charge in [0.15, 0.2) is 0 Å².